The minimum atomic E-state index is -0.650. The monoisotopic (exact) mass is 456 g/mol. The molecule has 0 saturated carbocycles. The fourth-order valence-corrected chi connectivity index (χ4v) is 2.44. The van der Waals surface area contributed by atoms with E-state index in [9.17, 15) is 19.2 Å². The van der Waals surface area contributed by atoms with Gasteiger partial charge in [-0.3, -0.25) is 20.3 Å². The number of hydrogen-bond acceptors (Lipinski definition) is 8. The molecule has 0 aliphatic heterocycles. The smallest absolute Gasteiger partial charge is 0.287 e. The van der Waals surface area contributed by atoms with Gasteiger partial charge in [-0.25, -0.2) is 14.0 Å². The van der Waals surface area contributed by atoms with Crippen LogP contribution in [-0.2, 0) is 9.59 Å². The van der Waals surface area contributed by atoms with Crippen LogP contribution in [0.4, 0.5) is 15.9 Å². The summed E-state index contributed by atoms with van der Waals surface area (Å²) < 4.78 is 18.2. The molecule has 0 bridgehead atoms. The number of amidine groups is 1. The van der Waals surface area contributed by atoms with Gasteiger partial charge in [-0.1, -0.05) is 6.92 Å². The highest BCUT2D eigenvalue weighted by atomic mass is 79.9. The molecule has 1 aromatic carbocycles. The SMILES string of the molecule is CCCC(=O)C(=O)NCCNc1nonc1C(=Nc1ccc(F)c(Br)c1)NO. The number of carbonyl (C=O) groups is 2. The Bertz CT molecular complexity index is 873. The first kappa shape index (κ1) is 21.4. The van der Waals surface area contributed by atoms with Crippen LogP contribution in [0, 0.1) is 5.82 Å². The Kier molecular flexibility index (Phi) is 8.02. The van der Waals surface area contributed by atoms with Crippen molar-refractivity contribution in [2.45, 2.75) is 19.8 Å². The van der Waals surface area contributed by atoms with Gasteiger partial charge in [0.05, 0.1) is 10.2 Å². The number of aromatic nitrogens is 2. The predicted molar refractivity (Wildman–Crippen MR) is 101 cm³/mol. The lowest BCUT2D eigenvalue weighted by molar-refractivity contribution is -0.137. The van der Waals surface area contributed by atoms with Crippen molar-refractivity contribution in [1.29, 1.82) is 0 Å². The Morgan fingerprint density at radius 2 is 2.11 bits per heavy atom. The third-order valence-corrected chi connectivity index (χ3v) is 4.00. The van der Waals surface area contributed by atoms with E-state index in [1.165, 1.54) is 18.2 Å². The summed E-state index contributed by atoms with van der Waals surface area (Å²) in [6.45, 7) is 2.18. The fourth-order valence-electron chi connectivity index (χ4n) is 2.07. The second-order valence-corrected chi connectivity index (χ2v) is 6.34. The van der Waals surface area contributed by atoms with E-state index in [1.54, 1.807) is 0 Å². The highest BCUT2D eigenvalue weighted by Gasteiger charge is 2.17. The molecule has 2 aromatic rings. The number of halogens is 2. The van der Waals surface area contributed by atoms with Crippen LogP contribution in [0.1, 0.15) is 25.5 Å². The average Bonchev–Trinajstić information content (AvgIpc) is 3.14. The average molecular weight is 457 g/mol. The lowest BCUT2D eigenvalue weighted by Gasteiger charge is -2.07. The summed E-state index contributed by atoms with van der Waals surface area (Å²) in [7, 11) is 0. The first-order valence-corrected chi connectivity index (χ1v) is 9.07. The van der Waals surface area contributed by atoms with Gasteiger partial charge in [-0.15, -0.1) is 0 Å². The Labute approximate surface area is 167 Å². The van der Waals surface area contributed by atoms with Gasteiger partial charge in [-0.2, -0.15) is 0 Å². The predicted octanol–water partition coefficient (Wildman–Crippen LogP) is 1.93. The molecular weight excluding hydrogens is 439 g/mol. The molecule has 0 unspecified atom stereocenters. The van der Waals surface area contributed by atoms with E-state index in [-0.39, 0.29) is 41.3 Å². The fraction of sp³-hybridized carbons (Fsp3) is 0.312. The van der Waals surface area contributed by atoms with Crippen LogP contribution in [0.2, 0.25) is 0 Å². The van der Waals surface area contributed by atoms with Crippen molar-refractivity contribution in [3.63, 3.8) is 0 Å². The standard InChI is InChI=1S/C16H18BrFN6O4/c1-2-3-12(25)16(26)20-7-6-19-14-13(23-28-24-14)15(22-27)21-9-4-5-11(18)10(17)8-9/h4-5,8,27H,2-3,6-7H2,1H3,(H,19,24)(H,20,26)(H,21,22). The number of nitrogens with one attached hydrogen (secondary N) is 3. The molecule has 0 aliphatic rings. The minimum Gasteiger partial charge on any atom is -0.363 e. The Morgan fingerprint density at radius 1 is 1.32 bits per heavy atom. The maximum atomic E-state index is 13.3. The molecule has 4 N–H and O–H groups in total. The molecule has 0 radical (unpaired) electrons. The maximum Gasteiger partial charge on any atom is 0.287 e. The van der Waals surface area contributed by atoms with Gasteiger partial charge in [0.25, 0.3) is 5.91 Å². The van der Waals surface area contributed by atoms with Crippen LogP contribution < -0.4 is 16.1 Å². The molecule has 0 saturated heterocycles. The van der Waals surface area contributed by atoms with Gasteiger partial charge in [0, 0.05) is 19.5 Å². The Morgan fingerprint density at radius 3 is 2.79 bits per heavy atom. The summed E-state index contributed by atoms with van der Waals surface area (Å²) in [4.78, 5) is 27.1. The van der Waals surface area contributed by atoms with Gasteiger partial charge in [0.15, 0.2) is 11.5 Å². The van der Waals surface area contributed by atoms with Crippen molar-refractivity contribution in [2.75, 3.05) is 18.4 Å². The summed E-state index contributed by atoms with van der Waals surface area (Å²) >= 11 is 3.05. The zero-order chi connectivity index (χ0) is 20.5. The third-order valence-electron chi connectivity index (χ3n) is 3.40. The molecule has 0 aliphatic carbocycles. The summed E-state index contributed by atoms with van der Waals surface area (Å²) in [6.07, 6.45) is 0.789. The molecule has 10 nitrogen and oxygen atoms in total. The van der Waals surface area contributed by atoms with E-state index in [2.05, 4.69) is 46.5 Å². The van der Waals surface area contributed by atoms with E-state index >= 15 is 0 Å². The van der Waals surface area contributed by atoms with Crippen molar-refractivity contribution >= 4 is 45.0 Å². The van der Waals surface area contributed by atoms with E-state index in [4.69, 9.17) is 0 Å². The number of aliphatic imine (C=N–C) groups is 1. The molecular formula is C16H18BrFN6O4. The number of rotatable bonds is 9. The van der Waals surface area contributed by atoms with Crippen LogP contribution >= 0.6 is 15.9 Å². The number of ketones is 1. The number of benzene rings is 1. The van der Waals surface area contributed by atoms with Crippen LogP contribution in [-0.4, -0.2) is 46.1 Å². The Hall–Kier alpha value is -2.86. The van der Waals surface area contributed by atoms with E-state index in [0.717, 1.165) is 0 Å². The van der Waals surface area contributed by atoms with E-state index < -0.39 is 17.5 Å². The van der Waals surface area contributed by atoms with Crippen molar-refractivity contribution < 1.29 is 23.8 Å². The first-order valence-electron chi connectivity index (χ1n) is 8.28. The second kappa shape index (κ2) is 10.5. The first-order chi connectivity index (χ1) is 13.5. The zero-order valence-corrected chi connectivity index (χ0v) is 16.4. The molecule has 28 heavy (non-hydrogen) atoms. The van der Waals surface area contributed by atoms with E-state index in [1.807, 2.05) is 12.4 Å². The molecule has 12 heteroatoms. The van der Waals surface area contributed by atoms with Gasteiger partial charge in [0.2, 0.25) is 11.6 Å². The van der Waals surface area contributed by atoms with Crippen molar-refractivity contribution in [2.24, 2.45) is 4.99 Å². The van der Waals surface area contributed by atoms with Crippen LogP contribution in [0.3, 0.4) is 0 Å². The van der Waals surface area contributed by atoms with Crippen LogP contribution in [0.5, 0.6) is 0 Å². The molecule has 1 amide bonds. The van der Waals surface area contributed by atoms with Crippen LogP contribution in [0.25, 0.3) is 0 Å². The lowest BCUT2D eigenvalue weighted by Crippen LogP contribution is -2.34. The second-order valence-electron chi connectivity index (χ2n) is 5.49. The number of hydrogen-bond donors (Lipinski definition) is 4. The summed E-state index contributed by atoms with van der Waals surface area (Å²) in [5.41, 5.74) is 2.29. The third kappa shape index (κ3) is 5.82. The van der Waals surface area contributed by atoms with Gasteiger partial charge in [-0.05, 0) is 50.9 Å². The van der Waals surface area contributed by atoms with Gasteiger partial charge < -0.3 is 10.6 Å². The number of hydroxylamine groups is 1. The van der Waals surface area contributed by atoms with Gasteiger partial charge in [0.1, 0.15) is 5.82 Å². The largest absolute Gasteiger partial charge is 0.363 e. The molecule has 1 aromatic heterocycles. The molecule has 0 spiro atoms. The molecule has 0 atom stereocenters. The summed E-state index contributed by atoms with van der Waals surface area (Å²) in [5.74, 6) is -1.53. The Balaban J connectivity index is 2.01. The highest BCUT2D eigenvalue weighted by Crippen LogP contribution is 2.23. The highest BCUT2D eigenvalue weighted by molar-refractivity contribution is 9.10. The summed E-state index contributed by atoms with van der Waals surface area (Å²) in [6, 6.07) is 4.03. The topological polar surface area (TPSA) is 142 Å². The van der Waals surface area contributed by atoms with E-state index in [0.29, 0.717) is 12.1 Å². The normalized spacial score (nSPS) is 11.2. The number of anilines is 1. The van der Waals surface area contributed by atoms with Crippen LogP contribution in [0.15, 0.2) is 32.3 Å². The van der Waals surface area contributed by atoms with Crippen molar-refractivity contribution in [3.05, 3.63) is 34.2 Å². The molecule has 1 heterocycles. The quantitative estimate of drug-likeness (QED) is 0.147. The number of Topliss-reactive ketones (excluding diaryl/α,β-unsaturated/α-hetero) is 1. The molecule has 150 valence electrons. The number of carbonyl (C=O) groups excluding carboxylic acids is 2. The number of nitrogens with zero attached hydrogens (tertiary/aromatic N) is 3. The lowest BCUT2D eigenvalue weighted by atomic mass is 10.2. The maximum absolute atomic E-state index is 13.3. The molecule has 0 fully saturated rings. The summed E-state index contributed by atoms with van der Waals surface area (Å²) in [5, 5.41) is 22.0. The zero-order valence-electron chi connectivity index (χ0n) is 14.8. The van der Waals surface area contributed by atoms with Gasteiger partial charge >= 0.3 is 0 Å². The number of amides is 1. The van der Waals surface area contributed by atoms with Crippen molar-refractivity contribution in [1.82, 2.24) is 21.1 Å². The molecule has 2 rings (SSSR count). The minimum absolute atomic E-state index is 0.0660. The van der Waals surface area contributed by atoms with Crippen molar-refractivity contribution in [3.8, 4) is 0 Å².